The topological polar surface area (TPSA) is 28.2 Å². The molecule has 1 aliphatic heterocycles. The molecule has 2 heterocycles. The van der Waals surface area contributed by atoms with Crippen molar-refractivity contribution in [3.8, 4) is 0 Å². The fourth-order valence-electron chi connectivity index (χ4n) is 2.41. The maximum atomic E-state index is 4.85. The highest BCUT2D eigenvalue weighted by Gasteiger charge is 2.12. The second-order valence-corrected chi connectivity index (χ2v) is 5.80. The van der Waals surface area contributed by atoms with Gasteiger partial charge in [-0.25, -0.2) is 4.98 Å². The minimum Gasteiger partial charge on any atom is -0.353 e. The molecular formula is C17H27N3. The van der Waals surface area contributed by atoms with Crippen LogP contribution in [-0.2, 0) is 6.54 Å². The maximum absolute atomic E-state index is 4.85. The van der Waals surface area contributed by atoms with Crippen molar-refractivity contribution in [2.75, 3.05) is 24.5 Å². The highest BCUT2D eigenvalue weighted by atomic mass is 15.2. The van der Waals surface area contributed by atoms with Gasteiger partial charge in [-0.2, -0.15) is 0 Å². The van der Waals surface area contributed by atoms with E-state index in [1.807, 2.05) is 0 Å². The summed E-state index contributed by atoms with van der Waals surface area (Å²) in [5.74, 6) is 1.61. The lowest BCUT2D eigenvalue weighted by molar-refractivity contribution is 0.671. The van der Waals surface area contributed by atoms with Crippen LogP contribution in [0.2, 0.25) is 0 Å². The van der Waals surface area contributed by atoms with E-state index in [0.717, 1.165) is 38.4 Å². The molecule has 0 radical (unpaired) electrons. The van der Waals surface area contributed by atoms with Crippen LogP contribution in [-0.4, -0.2) is 24.6 Å². The van der Waals surface area contributed by atoms with Crippen molar-refractivity contribution in [3.05, 3.63) is 35.5 Å². The van der Waals surface area contributed by atoms with E-state index in [1.54, 1.807) is 0 Å². The van der Waals surface area contributed by atoms with Gasteiger partial charge in [0.1, 0.15) is 5.82 Å². The third-order valence-electron chi connectivity index (χ3n) is 3.62. The standard InChI is InChI=1S/C17H27N3/c1-4-8-18-13-15-11-16(14(2)3)19-17(12-15)20-9-6-5-7-10-20/h5-6,11-12,14,18H,4,7-10,13H2,1-3H3. The number of aromatic nitrogens is 1. The highest BCUT2D eigenvalue weighted by Crippen LogP contribution is 2.21. The quantitative estimate of drug-likeness (QED) is 0.635. The molecular weight excluding hydrogens is 246 g/mol. The molecule has 1 aromatic rings. The summed E-state index contributed by atoms with van der Waals surface area (Å²) in [5.41, 5.74) is 2.55. The van der Waals surface area contributed by atoms with Crippen molar-refractivity contribution in [3.63, 3.8) is 0 Å². The Balaban J connectivity index is 2.18. The Hall–Kier alpha value is -1.35. The normalized spacial score (nSPS) is 15.1. The van der Waals surface area contributed by atoms with Gasteiger partial charge in [0.2, 0.25) is 0 Å². The van der Waals surface area contributed by atoms with Crippen LogP contribution in [0.3, 0.4) is 0 Å². The molecule has 0 aliphatic carbocycles. The van der Waals surface area contributed by atoms with Crippen LogP contribution in [0.5, 0.6) is 0 Å². The summed E-state index contributed by atoms with van der Waals surface area (Å²) < 4.78 is 0. The molecule has 110 valence electrons. The highest BCUT2D eigenvalue weighted by molar-refractivity contribution is 5.44. The lowest BCUT2D eigenvalue weighted by Crippen LogP contribution is -2.28. The molecule has 20 heavy (non-hydrogen) atoms. The van der Waals surface area contributed by atoms with Crippen LogP contribution in [0.25, 0.3) is 0 Å². The van der Waals surface area contributed by atoms with Gasteiger partial charge in [0.05, 0.1) is 0 Å². The molecule has 1 aromatic heterocycles. The first-order valence-corrected chi connectivity index (χ1v) is 7.82. The summed E-state index contributed by atoms with van der Waals surface area (Å²) in [6.07, 6.45) is 6.79. The summed E-state index contributed by atoms with van der Waals surface area (Å²) in [6.45, 7) is 10.7. The largest absolute Gasteiger partial charge is 0.353 e. The lowest BCUT2D eigenvalue weighted by atomic mass is 10.1. The van der Waals surface area contributed by atoms with Crippen LogP contribution in [0.15, 0.2) is 24.3 Å². The first-order valence-electron chi connectivity index (χ1n) is 7.82. The van der Waals surface area contributed by atoms with E-state index in [0.29, 0.717) is 5.92 Å². The van der Waals surface area contributed by atoms with Crippen LogP contribution >= 0.6 is 0 Å². The van der Waals surface area contributed by atoms with Crippen LogP contribution < -0.4 is 10.2 Å². The van der Waals surface area contributed by atoms with E-state index >= 15 is 0 Å². The molecule has 0 saturated carbocycles. The van der Waals surface area contributed by atoms with Gasteiger partial charge < -0.3 is 10.2 Å². The van der Waals surface area contributed by atoms with Crippen LogP contribution in [0, 0.1) is 0 Å². The number of hydrogen-bond acceptors (Lipinski definition) is 3. The summed E-state index contributed by atoms with van der Waals surface area (Å²) in [5, 5.41) is 3.49. The molecule has 0 atom stereocenters. The maximum Gasteiger partial charge on any atom is 0.129 e. The first-order chi connectivity index (χ1) is 9.70. The Bertz CT molecular complexity index is 452. The van der Waals surface area contributed by atoms with Crippen molar-refractivity contribution in [1.29, 1.82) is 0 Å². The van der Waals surface area contributed by atoms with Gasteiger partial charge in [0, 0.05) is 25.3 Å². The molecule has 1 N–H and O–H groups in total. The lowest BCUT2D eigenvalue weighted by Gasteiger charge is -2.26. The van der Waals surface area contributed by atoms with Gasteiger partial charge in [0.25, 0.3) is 0 Å². The van der Waals surface area contributed by atoms with Crippen molar-refractivity contribution in [2.45, 2.75) is 46.1 Å². The molecule has 0 amide bonds. The van der Waals surface area contributed by atoms with E-state index < -0.39 is 0 Å². The van der Waals surface area contributed by atoms with Crippen LogP contribution in [0.4, 0.5) is 5.82 Å². The molecule has 0 spiro atoms. The molecule has 3 nitrogen and oxygen atoms in total. The molecule has 0 saturated heterocycles. The Labute approximate surface area is 123 Å². The number of hydrogen-bond donors (Lipinski definition) is 1. The van der Waals surface area contributed by atoms with Crippen molar-refractivity contribution < 1.29 is 0 Å². The van der Waals surface area contributed by atoms with Gasteiger partial charge >= 0.3 is 0 Å². The number of rotatable bonds is 6. The van der Waals surface area contributed by atoms with Crippen molar-refractivity contribution in [2.24, 2.45) is 0 Å². The summed E-state index contributed by atoms with van der Waals surface area (Å²) in [4.78, 5) is 7.22. The number of anilines is 1. The number of nitrogens with one attached hydrogen (secondary N) is 1. The molecule has 2 rings (SSSR count). The monoisotopic (exact) mass is 273 g/mol. The van der Waals surface area contributed by atoms with Gasteiger partial charge in [0.15, 0.2) is 0 Å². The fraction of sp³-hybridized carbons (Fsp3) is 0.588. The van der Waals surface area contributed by atoms with Gasteiger partial charge in [-0.05, 0) is 43.0 Å². The molecule has 0 fully saturated rings. The Kier molecular flexibility index (Phi) is 5.60. The van der Waals surface area contributed by atoms with Crippen molar-refractivity contribution in [1.82, 2.24) is 10.3 Å². The zero-order valence-electron chi connectivity index (χ0n) is 13.0. The Morgan fingerprint density at radius 3 is 2.80 bits per heavy atom. The SMILES string of the molecule is CCCNCc1cc(C(C)C)nc(N2CC=CCC2)c1. The average Bonchev–Trinajstić information content (AvgIpc) is 2.48. The minimum absolute atomic E-state index is 0.472. The predicted octanol–water partition coefficient (Wildman–Crippen LogP) is 3.47. The molecule has 0 bridgehead atoms. The molecule has 0 unspecified atom stereocenters. The molecule has 3 heteroatoms. The van der Waals surface area contributed by atoms with Gasteiger partial charge in [-0.3, -0.25) is 0 Å². The number of pyridine rings is 1. The van der Waals surface area contributed by atoms with Crippen LogP contribution in [0.1, 0.15) is 50.8 Å². The van der Waals surface area contributed by atoms with E-state index in [9.17, 15) is 0 Å². The predicted molar refractivity (Wildman–Crippen MR) is 86.3 cm³/mol. The third kappa shape index (κ3) is 4.07. The average molecular weight is 273 g/mol. The van der Waals surface area contributed by atoms with Crippen molar-refractivity contribution >= 4 is 5.82 Å². The van der Waals surface area contributed by atoms with E-state index in [2.05, 4.69) is 55.3 Å². The Morgan fingerprint density at radius 1 is 1.30 bits per heavy atom. The fourth-order valence-corrected chi connectivity index (χ4v) is 2.41. The summed E-state index contributed by atoms with van der Waals surface area (Å²) in [6, 6.07) is 4.49. The van der Waals surface area contributed by atoms with E-state index in [4.69, 9.17) is 4.98 Å². The summed E-state index contributed by atoms with van der Waals surface area (Å²) >= 11 is 0. The smallest absolute Gasteiger partial charge is 0.129 e. The minimum atomic E-state index is 0.472. The Morgan fingerprint density at radius 2 is 2.15 bits per heavy atom. The second kappa shape index (κ2) is 7.44. The van der Waals surface area contributed by atoms with E-state index in [1.165, 1.54) is 17.7 Å². The molecule has 1 aliphatic rings. The first kappa shape index (κ1) is 15.0. The van der Waals surface area contributed by atoms with Gasteiger partial charge in [-0.1, -0.05) is 32.9 Å². The second-order valence-electron chi connectivity index (χ2n) is 5.80. The van der Waals surface area contributed by atoms with Gasteiger partial charge in [-0.15, -0.1) is 0 Å². The van der Waals surface area contributed by atoms with E-state index in [-0.39, 0.29) is 0 Å². The molecule has 0 aromatic carbocycles. The summed E-state index contributed by atoms with van der Waals surface area (Å²) in [7, 11) is 0. The zero-order valence-corrected chi connectivity index (χ0v) is 13.0. The number of nitrogens with zero attached hydrogens (tertiary/aromatic N) is 2. The third-order valence-corrected chi connectivity index (χ3v) is 3.62. The zero-order chi connectivity index (χ0) is 14.4.